The molecule has 0 saturated heterocycles. The largest absolute Gasteiger partial charge is 0.312 e. The highest BCUT2D eigenvalue weighted by molar-refractivity contribution is 5.01. The van der Waals surface area contributed by atoms with Crippen LogP contribution in [0.5, 0.6) is 0 Å². The van der Waals surface area contributed by atoms with Crippen LogP contribution in [0.2, 0.25) is 0 Å². The molecule has 0 radical (unpaired) electrons. The molecule has 1 aliphatic carbocycles. The summed E-state index contributed by atoms with van der Waals surface area (Å²) in [7, 11) is 4.61. The van der Waals surface area contributed by atoms with Crippen molar-refractivity contribution in [2.24, 2.45) is 5.92 Å². The van der Waals surface area contributed by atoms with E-state index < -0.39 is 0 Å². The van der Waals surface area contributed by atoms with E-state index in [2.05, 4.69) is 45.1 Å². The lowest BCUT2D eigenvalue weighted by atomic mass is 9.70. The highest BCUT2D eigenvalue weighted by atomic mass is 15.2. The van der Waals surface area contributed by atoms with Gasteiger partial charge in [0, 0.05) is 11.6 Å². The second kappa shape index (κ2) is 9.04. The molecule has 0 amide bonds. The third-order valence-corrected chi connectivity index (χ3v) is 5.28. The van der Waals surface area contributed by atoms with E-state index in [-0.39, 0.29) is 0 Å². The van der Waals surface area contributed by atoms with E-state index in [1.165, 1.54) is 64.3 Å². The first kappa shape index (κ1) is 18.0. The first-order chi connectivity index (χ1) is 9.56. The zero-order valence-electron chi connectivity index (χ0n) is 14.7. The molecule has 0 heterocycles. The summed E-state index contributed by atoms with van der Waals surface area (Å²) in [6.45, 7) is 8.20. The summed E-state index contributed by atoms with van der Waals surface area (Å²) in [5, 5.41) is 3.90. The van der Waals surface area contributed by atoms with Gasteiger partial charge < -0.3 is 10.2 Å². The van der Waals surface area contributed by atoms with Gasteiger partial charge in [0.25, 0.3) is 0 Å². The first-order valence-corrected chi connectivity index (χ1v) is 8.97. The fourth-order valence-electron chi connectivity index (χ4n) is 4.08. The number of hydrogen-bond acceptors (Lipinski definition) is 2. The minimum atomic E-state index is 0.389. The summed E-state index contributed by atoms with van der Waals surface area (Å²) < 4.78 is 0. The molecule has 20 heavy (non-hydrogen) atoms. The van der Waals surface area contributed by atoms with Crippen molar-refractivity contribution >= 4 is 0 Å². The van der Waals surface area contributed by atoms with Gasteiger partial charge in [-0.3, -0.25) is 0 Å². The SMILES string of the molecule is CCCCCC(NCCC)C1(N(C)C)CCCC(C)C1. The maximum Gasteiger partial charge on any atom is 0.0358 e. The predicted octanol–water partition coefficient (Wildman–Crippen LogP) is 4.45. The van der Waals surface area contributed by atoms with Gasteiger partial charge in [-0.1, -0.05) is 52.9 Å². The van der Waals surface area contributed by atoms with Crippen molar-refractivity contribution in [2.75, 3.05) is 20.6 Å². The lowest BCUT2D eigenvalue weighted by Gasteiger charge is -2.50. The summed E-state index contributed by atoms with van der Waals surface area (Å²) in [6, 6.07) is 0.673. The average Bonchev–Trinajstić information content (AvgIpc) is 2.42. The maximum atomic E-state index is 3.90. The third kappa shape index (κ3) is 4.73. The second-order valence-electron chi connectivity index (χ2n) is 7.20. The fraction of sp³-hybridized carbons (Fsp3) is 1.00. The Balaban J connectivity index is 2.79. The molecule has 3 unspecified atom stereocenters. The molecular weight excluding hydrogens is 244 g/mol. The Morgan fingerprint density at radius 1 is 1.20 bits per heavy atom. The predicted molar refractivity (Wildman–Crippen MR) is 90.3 cm³/mol. The lowest BCUT2D eigenvalue weighted by molar-refractivity contribution is 0.0335. The van der Waals surface area contributed by atoms with Gasteiger partial charge >= 0.3 is 0 Å². The molecule has 0 aromatic heterocycles. The number of hydrogen-bond donors (Lipinski definition) is 1. The van der Waals surface area contributed by atoms with E-state index in [1.54, 1.807) is 0 Å². The van der Waals surface area contributed by atoms with Crippen LogP contribution >= 0.6 is 0 Å². The Morgan fingerprint density at radius 3 is 2.50 bits per heavy atom. The Morgan fingerprint density at radius 2 is 1.95 bits per heavy atom. The fourth-order valence-corrected chi connectivity index (χ4v) is 4.08. The quantitative estimate of drug-likeness (QED) is 0.629. The second-order valence-corrected chi connectivity index (χ2v) is 7.20. The Bertz CT molecular complexity index is 252. The molecule has 0 aromatic rings. The minimum absolute atomic E-state index is 0.389. The summed E-state index contributed by atoms with van der Waals surface area (Å²) in [5.41, 5.74) is 0.389. The molecule has 0 aliphatic heterocycles. The Kier molecular flexibility index (Phi) is 8.13. The van der Waals surface area contributed by atoms with Gasteiger partial charge in [-0.05, 0) is 52.2 Å². The molecule has 0 aromatic carbocycles. The minimum Gasteiger partial charge on any atom is -0.312 e. The molecular formula is C18H38N2. The number of unbranched alkanes of at least 4 members (excludes halogenated alkanes) is 2. The molecule has 2 nitrogen and oxygen atoms in total. The topological polar surface area (TPSA) is 15.3 Å². The third-order valence-electron chi connectivity index (χ3n) is 5.28. The lowest BCUT2D eigenvalue weighted by Crippen LogP contribution is -2.61. The highest BCUT2D eigenvalue weighted by Crippen LogP contribution is 2.39. The maximum absolute atomic E-state index is 3.90. The first-order valence-electron chi connectivity index (χ1n) is 8.97. The zero-order valence-corrected chi connectivity index (χ0v) is 14.7. The van der Waals surface area contributed by atoms with E-state index in [0.717, 1.165) is 5.92 Å². The van der Waals surface area contributed by atoms with Gasteiger partial charge in [-0.2, -0.15) is 0 Å². The highest BCUT2D eigenvalue weighted by Gasteiger charge is 2.42. The number of likely N-dealkylation sites (N-methyl/N-ethyl adjacent to an activating group) is 1. The molecule has 0 bridgehead atoms. The van der Waals surface area contributed by atoms with Crippen molar-refractivity contribution in [1.82, 2.24) is 10.2 Å². The molecule has 1 N–H and O–H groups in total. The van der Waals surface area contributed by atoms with Crippen molar-refractivity contribution in [2.45, 2.75) is 90.1 Å². The summed E-state index contributed by atoms with van der Waals surface area (Å²) >= 11 is 0. The van der Waals surface area contributed by atoms with E-state index in [1.807, 2.05) is 0 Å². The van der Waals surface area contributed by atoms with Crippen molar-refractivity contribution in [3.05, 3.63) is 0 Å². The van der Waals surface area contributed by atoms with Crippen molar-refractivity contribution < 1.29 is 0 Å². The molecule has 3 atom stereocenters. The van der Waals surface area contributed by atoms with E-state index in [4.69, 9.17) is 0 Å². The monoisotopic (exact) mass is 282 g/mol. The summed E-state index contributed by atoms with van der Waals surface area (Å²) in [4.78, 5) is 2.54. The van der Waals surface area contributed by atoms with Crippen LogP contribution in [0.25, 0.3) is 0 Å². The molecule has 1 fully saturated rings. The van der Waals surface area contributed by atoms with Crippen molar-refractivity contribution in [3.8, 4) is 0 Å². The van der Waals surface area contributed by atoms with Crippen LogP contribution in [0.15, 0.2) is 0 Å². The van der Waals surface area contributed by atoms with Crippen molar-refractivity contribution in [3.63, 3.8) is 0 Å². The van der Waals surface area contributed by atoms with E-state index >= 15 is 0 Å². The number of rotatable bonds is 9. The van der Waals surface area contributed by atoms with Crippen LogP contribution in [0.1, 0.15) is 78.6 Å². The summed E-state index contributed by atoms with van der Waals surface area (Å²) in [5.74, 6) is 0.878. The average molecular weight is 283 g/mol. The van der Waals surface area contributed by atoms with Gasteiger partial charge in [-0.15, -0.1) is 0 Å². The molecule has 120 valence electrons. The zero-order chi connectivity index (χ0) is 15.0. The van der Waals surface area contributed by atoms with Crippen LogP contribution in [-0.4, -0.2) is 37.1 Å². The standard InChI is InChI=1S/C18H38N2/c1-6-8-9-12-17(19-14-7-2)18(20(4)5)13-10-11-16(3)15-18/h16-17,19H,6-15H2,1-5H3. The van der Waals surface area contributed by atoms with Gasteiger partial charge in [-0.25, -0.2) is 0 Å². The van der Waals surface area contributed by atoms with Crippen LogP contribution in [-0.2, 0) is 0 Å². The van der Waals surface area contributed by atoms with Gasteiger partial charge in [0.1, 0.15) is 0 Å². The van der Waals surface area contributed by atoms with Crippen LogP contribution in [0.4, 0.5) is 0 Å². The Hall–Kier alpha value is -0.0800. The normalized spacial score (nSPS) is 28.8. The Labute approximate surface area is 127 Å². The van der Waals surface area contributed by atoms with Crippen molar-refractivity contribution in [1.29, 1.82) is 0 Å². The van der Waals surface area contributed by atoms with Gasteiger partial charge in [0.15, 0.2) is 0 Å². The van der Waals surface area contributed by atoms with Gasteiger partial charge in [0.2, 0.25) is 0 Å². The molecule has 0 spiro atoms. The molecule has 1 saturated carbocycles. The van der Waals surface area contributed by atoms with Gasteiger partial charge in [0.05, 0.1) is 0 Å². The van der Waals surface area contributed by atoms with E-state index in [0.29, 0.717) is 11.6 Å². The smallest absolute Gasteiger partial charge is 0.0358 e. The molecule has 1 aliphatic rings. The molecule has 1 rings (SSSR count). The summed E-state index contributed by atoms with van der Waals surface area (Å²) in [6.07, 6.45) is 12.2. The van der Waals surface area contributed by atoms with E-state index in [9.17, 15) is 0 Å². The number of nitrogens with zero attached hydrogens (tertiary/aromatic N) is 1. The molecule has 2 heteroatoms. The number of nitrogens with one attached hydrogen (secondary N) is 1. The van der Waals surface area contributed by atoms with Crippen LogP contribution in [0.3, 0.4) is 0 Å². The van der Waals surface area contributed by atoms with Crippen LogP contribution < -0.4 is 5.32 Å². The van der Waals surface area contributed by atoms with Crippen LogP contribution in [0, 0.1) is 5.92 Å².